The topological polar surface area (TPSA) is 129 Å². The molecule has 1 aromatic rings. The van der Waals surface area contributed by atoms with Gasteiger partial charge in [0.05, 0.1) is 17.4 Å². The van der Waals surface area contributed by atoms with Gasteiger partial charge in [-0.3, -0.25) is 15.1 Å². The highest BCUT2D eigenvalue weighted by Gasteiger charge is 2.34. The molecule has 37 heavy (non-hydrogen) atoms. The number of ketones is 1. The minimum Gasteiger partial charge on any atom is -0.392 e. The van der Waals surface area contributed by atoms with Crippen LogP contribution in [0.3, 0.4) is 0 Å². The maximum absolute atomic E-state index is 12.6. The standard InChI is InChI=1S/C26H39N7O3S/c1-18(2)21-15-22(24(35)16-23(21)34)25(27)33(26(28)36)20-5-3-19(4-6-20)17-30-11-13-32(14-12-30)37-31-9-7-29-8-10-31/h3-6,15,18,21,23,27,29,34H,7-14,16-17H2,1-2H3,(H2,28,36). The minimum atomic E-state index is -0.822. The number of urea groups is 1. The Morgan fingerprint density at radius 1 is 1.14 bits per heavy atom. The molecule has 1 aliphatic carbocycles. The Morgan fingerprint density at radius 2 is 1.76 bits per heavy atom. The lowest BCUT2D eigenvalue weighted by atomic mass is 9.80. The summed E-state index contributed by atoms with van der Waals surface area (Å²) >= 11 is 1.86. The van der Waals surface area contributed by atoms with E-state index < -0.39 is 12.1 Å². The quantitative estimate of drug-likeness (QED) is 0.239. The van der Waals surface area contributed by atoms with Crippen LogP contribution in [0.1, 0.15) is 25.8 Å². The van der Waals surface area contributed by atoms with E-state index in [0.29, 0.717) is 5.69 Å². The molecule has 4 rings (SSSR count). The molecule has 202 valence electrons. The molecule has 11 heteroatoms. The largest absolute Gasteiger partial charge is 0.392 e. The fraction of sp³-hybridized carbons (Fsp3) is 0.577. The predicted octanol–water partition coefficient (Wildman–Crippen LogP) is 1.67. The first-order valence-electron chi connectivity index (χ1n) is 13.0. The number of carbonyl (C=O) groups is 2. The van der Waals surface area contributed by atoms with E-state index in [4.69, 9.17) is 11.1 Å². The summed E-state index contributed by atoms with van der Waals surface area (Å²) in [5.74, 6) is -0.775. The number of amides is 2. The van der Waals surface area contributed by atoms with Gasteiger partial charge in [-0.2, -0.15) is 0 Å². The average Bonchev–Trinajstić information content (AvgIpc) is 2.86. The van der Waals surface area contributed by atoms with Gasteiger partial charge < -0.3 is 16.2 Å². The number of aliphatic hydroxyl groups is 1. The summed E-state index contributed by atoms with van der Waals surface area (Å²) in [6, 6.07) is 6.61. The number of rotatable bonds is 7. The van der Waals surface area contributed by atoms with E-state index in [-0.39, 0.29) is 35.4 Å². The van der Waals surface area contributed by atoms with Crippen molar-refractivity contribution in [3.05, 3.63) is 41.5 Å². The molecule has 0 bridgehead atoms. The van der Waals surface area contributed by atoms with Crippen LogP contribution in [0.4, 0.5) is 10.5 Å². The highest BCUT2D eigenvalue weighted by Crippen LogP contribution is 2.29. The molecule has 2 aliphatic heterocycles. The first kappa shape index (κ1) is 27.7. The molecular weight excluding hydrogens is 490 g/mol. The number of carbonyl (C=O) groups excluding carboxylic acids is 2. The van der Waals surface area contributed by atoms with Crippen LogP contribution < -0.4 is 16.0 Å². The van der Waals surface area contributed by atoms with Gasteiger partial charge in [0, 0.05) is 83.4 Å². The van der Waals surface area contributed by atoms with Gasteiger partial charge in [-0.1, -0.05) is 32.1 Å². The SMILES string of the molecule is CC(C)C1C=C(C(=N)N(C(N)=O)c2ccc(CN3CCN(SN4CCNCC4)CC3)cc2)C(=O)CC1O. The number of nitrogens with two attached hydrogens (primary N) is 1. The van der Waals surface area contributed by atoms with Crippen molar-refractivity contribution < 1.29 is 14.7 Å². The number of nitrogens with one attached hydrogen (secondary N) is 2. The first-order valence-corrected chi connectivity index (χ1v) is 13.8. The van der Waals surface area contributed by atoms with Crippen molar-refractivity contribution in [2.24, 2.45) is 17.6 Å². The Labute approximate surface area is 223 Å². The Kier molecular flexibility index (Phi) is 9.38. The van der Waals surface area contributed by atoms with Crippen molar-refractivity contribution in [1.82, 2.24) is 18.8 Å². The van der Waals surface area contributed by atoms with Gasteiger partial charge in [0.2, 0.25) is 0 Å². The van der Waals surface area contributed by atoms with Crippen LogP contribution in [0, 0.1) is 17.2 Å². The fourth-order valence-corrected chi connectivity index (χ4v) is 6.03. The summed E-state index contributed by atoms with van der Waals surface area (Å²) in [4.78, 5) is 28.4. The highest BCUT2D eigenvalue weighted by molar-refractivity contribution is 7.94. The number of primary amides is 1. The molecule has 0 saturated carbocycles. The molecule has 0 aromatic heterocycles. The van der Waals surface area contributed by atoms with E-state index in [1.807, 2.05) is 38.1 Å². The van der Waals surface area contributed by atoms with Crippen LogP contribution in [0.2, 0.25) is 0 Å². The summed E-state index contributed by atoms with van der Waals surface area (Å²) in [6.45, 7) is 12.9. The smallest absolute Gasteiger partial charge is 0.325 e. The molecule has 1 aromatic carbocycles. The summed E-state index contributed by atoms with van der Waals surface area (Å²) in [7, 11) is 0. The number of aliphatic hydroxyl groups excluding tert-OH is 1. The number of hydrogen-bond acceptors (Lipinski definition) is 9. The highest BCUT2D eigenvalue weighted by atomic mass is 32.2. The van der Waals surface area contributed by atoms with Crippen molar-refractivity contribution in [2.75, 3.05) is 57.3 Å². The monoisotopic (exact) mass is 529 g/mol. The Morgan fingerprint density at radius 3 is 2.35 bits per heavy atom. The van der Waals surface area contributed by atoms with Gasteiger partial charge in [0.15, 0.2) is 5.78 Å². The number of benzene rings is 1. The Hall–Kier alpha value is -2.28. The molecule has 2 saturated heterocycles. The zero-order chi connectivity index (χ0) is 26.5. The molecule has 5 N–H and O–H groups in total. The molecule has 10 nitrogen and oxygen atoms in total. The lowest BCUT2D eigenvalue weighted by Gasteiger charge is -2.37. The van der Waals surface area contributed by atoms with Crippen molar-refractivity contribution >= 4 is 35.5 Å². The van der Waals surface area contributed by atoms with Gasteiger partial charge in [-0.15, -0.1) is 0 Å². The second-order valence-corrected chi connectivity index (χ2v) is 11.4. The fourth-order valence-electron chi connectivity index (χ4n) is 5.03. The molecule has 2 unspecified atom stereocenters. The third-order valence-corrected chi connectivity index (χ3v) is 8.40. The van der Waals surface area contributed by atoms with E-state index in [1.54, 1.807) is 18.2 Å². The van der Waals surface area contributed by atoms with Gasteiger partial charge in [-0.05, 0) is 23.6 Å². The number of hydrogen-bond donors (Lipinski definition) is 4. The maximum Gasteiger partial charge on any atom is 0.325 e. The molecule has 2 fully saturated rings. The summed E-state index contributed by atoms with van der Waals surface area (Å²) in [5, 5.41) is 22.3. The molecule has 2 amide bonds. The average molecular weight is 530 g/mol. The van der Waals surface area contributed by atoms with Gasteiger partial charge in [-0.25, -0.2) is 18.3 Å². The lowest BCUT2D eigenvalue weighted by molar-refractivity contribution is -0.118. The molecule has 2 atom stereocenters. The van der Waals surface area contributed by atoms with E-state index in [1.165, 1.54) is 0 Å². The normalized spacial score (nSPS) is 24.2. The number of Topliss-reactive ketones (excluding diaryl/α,β-unsaturated/α-hetero) is 1. The number of nitrogens with zero attached hydrogens (tertiary/aromatic N) is 4. The Balaban J connectivity index is 1.36. The van der Waals surface area contributed by atoms with Crippen LogP contribution in [-0.2, 0) is 11.3 Å². The molecular formula is C26H39N7O3S. The van der Waals surface area contributed by atoms with Crippen molar-refractivity contribution in [3.63, 3.8) is 0 Å². The zero-order valence-electron chi connectivity index (χ0n) is 21.7. The summed E-state index contributed by atoms with van der Waals surface area (Å²) in [6.07, 6.45) is 0.769. The van der Waals surface area contributed by atoms with E-state index in [9.17, 15) is 14.7 Å². The number of anilines is 1. The van der Waals surface area contributed by atoms with Gasteiger partial charge in [0.25, 0.3) is 0 Å². The van der Waals surface area contributed by atoms with E-state index in [0.717, 1.165) is 69.4 Å². The summed E-state index contributed by atoms with van der Waals surface area (Å²) in [5.41, 5.74) is 7.33. The van der Waals surface area contributed by atoms with Gasteiger partial charge in [0.1, 0.15) is 5.84 Å². The van der Waals surface area contributed by atoms with Gasteiger partial charge >= 0.3 is 6.03 Å². The lowest BCUT2D eigenvalue weighted by Crippen LogP contribution is -2.46. The predicted molar refractivity (Wildman–Crippen MR) is 147 cm³/mol. The van der Waals surface area contributed by atoms with Crippen molar-refractivity contribution in [3.8, 4) is 0 Å². The third kappa shape index (κ3) is 6.98. The van der Waals surface area contributed by atoms with Crippen LogP contribution in [-0.4, -0.2) is 94.7 Å². The summed E-state index contributed by atoms with van der Waals surface area (Å²) < 4.78 is 4.86. The Bertz CT molecular complexity index is 1000. The van der Waals surface area contributed by atoms with Crippen LogP contribution >= 0.6 is 12.1 Å². The number of piperazine rings is 2. The molecule has 3 aliphatic rings. The van der Waals surface area contributed by atoms with Crippen molar-refractivity contribution in [1.29, 1.82) is 5.41 Å². The van der Waals surface area contributed by atoms with Crippen LogP contribution in [0.5, 0.6) is 0 Å². The second-order valence-electron chi connectivity index (χ2n) is 10.3. The van der Waals surface area contributed by atoms with E-state index in [2.05, 4.69) is 18.8 Å². The first-order chi connectivity index (χ1) is 17.7. The zero-order valence-corrected chi connectivity index (χ0v) is 22.5. The maximum atomic E-state index is 12.6. The molecule has 0 spiro atoms. The third-order valence-electron chi connectivity index (χ3n) is 7.21. The van der Waals surface area contributed by atoms with Crippen LogP contribution in [0.25, 0.3) is 0 Å². The van der Waals surface area contributed by atoms with Crippen LogP contribution in [0.15, 0.2) is 35.9 Å². The number of amidine groups is 1. The van der Waals surface area contributed by atoms with E-state index >= 15 is 0 Å². The van der Waals surface area contributed by atoms with Crippen molar-refractivity contribution in [2.45, 2.75) is 32.9 Å². The molecule has 2 heterocycles. The minimum absolute atomic E-state index is 0.0659. The second kappa shape index (κ2) is 12.5. The molecule has 0 radical (unpaired) electrons.